The van der Waals surface area contributed by atoms with E-state index in [1.165, 1.54) is 0 Å². The number of hydrogen-bond donors (Lipinski definition) is 0. The van der Waals surface area contributed by atoms with Gasteiger partial charge in [0.05, 0.1) is 0 Å². The Morgan fingerprint density at radius 1 is 1.26 bits per heavy atom. The number of halogens is 4. The minimum Gasteiger partial charge on any atom is -0.264 e. The predicted octanol–water partition coefficient (Wildman–Crippen LogP) is 4.61. The van der Waals surface area contributed by atoms with Gasteiger partial charge in [0.15, 0.2) is 0 Å². The molecule has 0 spiro atoms. The van der Waals surface area contributed by atoms with Crippen LogP contribution in [-0.4, -0.2) is 31.6 Å². The summed E-state index contributed by atoms with van der Waals surface area (Å²) in [6, 6.07) is 9.93. The molecule has 1 aromatic rings. The molecule has 1 amide bonds. The van der Waals surface area contributed by atoms with Crippen molar-refractivity contribution in [3.8, 4) is 11.6 Å². The van der Waals surface area contributed by atoms with Crippen LogP contribution >= 0.6 is 15.9 Å². The van der Waals surface area contributed by atoms with Crippen molar-refractivity contribution in [3.05, 3.63) is 34.3 Å². The van der Waals surface area contributed by atoms with Crippen molar-refractivity contribution >= 4 is 29.9 Å². The minimum absolute atomic E-state index is 0.0445. The van der Waals surface area contributed by atoms with Gasteiger partial charge in [-0.05, 0) is 24.5 Å². The lowest BCUT2D eigenvalue weighted by Crippen LogP contribution is -2.39. The zero-order valence-corrected chi connectivity index (χ0v) is 15.9. The van der Waals surface area contributed by atoms with Crippen LogP contribution in [0.1, 0.15) is 12.0 Å². The Hall–Kier alpha value is -1.26. The molecule has 0 atom stereocenters. The maximum absolute atomic E-state index is 12.7. The van der Waals surface area contributed by atoms with Gasteiger partial charge in [-0.2, -0.15) is 13.2 Å². The second kappa shape index (κ2) is 8.02. The molecular formula is C16H19BrF3NOSi. The van der Waals surface area contributed by atoms with Crippen LogP contribution in [-0.2, 0) is 11.2 Å². The Labute approximate surface area is 144 Å². The quantitative estimate of drug-likeness (QED) is 0.406. The standard InChI is InChI=1S/C16H19BrF3NOSi/c1-23(2,3)12-11-21(15(22)16(18,19)20)10-6-8-13-7-4-5-9-14(13)17/h4-5,7,9H,6,8,10H2,1-3H3. The van der Waals surface area contributed by atoms with Crippen molar-refractivity contribution in [2.75, 3.05) is 6.54 Å². The first-order valence-electron chi connectivity index (χ1n) is 7.15. The number of alkyl halides is 3. The van der Waals surface area contributed by atoms with Gasteiger partial charge in [0.1, 0.15) is 8.07 Å². The van der Waals surface area contributed by atoms with Gasteiger partial charge in [0.25, 0.3) is 0 Å². The lowest BCUT2D eigenvalue weighted by Gasteiger charge is -2.18. The largest absolute Gasteiger partial charge is 0.472 e. The van der Waals surface area contributed by atoms with E-state index in [0.717, 1.165) is 10.0 Å². The molecule has 0 bridgehead atoms. The number of carbonyl (C=O) groups excluding carboxylic acids is 1. The molecule has 0 heterocycles. The number of amides is 1. The number of rotatable bonds is 4. The summed E-state index contributed by atoms with van der Waals surface area (Å²) in [4.78, 5) is 12.1. The Kier molecular flexibility index (Phi) is 6.90. The van der Waals surface area contributed by atoms with Gasteiger partial charge >= 0.3 is 12.1 Å². The van der Waals surface area contributed by atoms with Crippen LogP contribution in [0.2, 0.25) is 19.6 Å². The first-order valence-corrected chi connectivity index (χ1v) is 11.4. The van der Waals surface area contributed by atoms with Crippen LogP contribution in [0.3, 0.4) is 0 Å². The molecule has 0 saturated carbocycles. The third-order valence-corrected chi connectivity index (χ3v) is 4.47. The van der Waals surface area contributed by atoms with Crippen molar-refractivity contribution in [3.63, 3.8) is 0 Å². The van der Waals surface area contributed by atoms with Gasteiger partial charge in [-0.15, -0.1) is 5.54 Å². The molecule has 0 aliphatic carbocycles. The van der Waals surface area contributed by atoms with Gasteiger partial charge in [-0.1, -0.05) is 53.8 Å². The van der Waals surface area contributed by atoms with Crippen LogP contribution in [0.25, 0.3) is 0 Å². The SMILES string of the molecule is C[Si](C)(C)C#CN(CCCc1ccccc1Br)C(=O)C(F)(F)F. The average molecular weight is 406 g/mol. The van der Waals surface area contributed by atoms with Crippen LogP contribution in [0.15, 0.2) is 28.7 Å². The second-order valence-electron chi connectivity index (χ2n) is 6.14. The number of nitrogens with zero attached hydrogens (tertiary/aromatic N) is 1. The first-order chi connectivity index (χ1) is 10.5. The average Bonchev–Trinajstić information content (AvgIpc) is 2.41. The summed E-state index contributed by atoms with van der Waals surface area (Å²) in [5.74, 6) is -1.89. The molecule has 0 unspecified atom stereocenters. The smallest absolute Gasteiger partial charge is 0.264 e. The van der Waals surface area contributed by atoms with Gasteiger partial charge < -0.3 is 0 Å². The van der Waals surface area contributed by atoms with Crippen molar-refractivity contribution in [1.29, 1.82) is 0 Å². The molecular weight excluding hydrogens is 387 g/mol. The number of benzene rings is 1. The Bertz CT molecular complexity index is 614. The molecule has 0 N–H and O–H groups in total. The second-order valence-corrected chi connectivity index (χ2v) is 11.7. The van der Waals surface area contributed by atoms with E-state index >= 15 is 0 Å². The van der Waals surface area contributed by atoms with Crippen molar-refractivity contribution in [2.45, 2.75) is 38.7 Å². The van der Waals surface area contributed by atoms with Crippen LogP contribution in [0.5, 0.6) is 0 Å². The Balaban J connectivity index is 2.79. The van der Waals surface area contributed by atoms with E-state index in [2.05, 4.69) is 27.5 Å². The van der Waals surface area contributed by atoms with E-state index in [-0.39, 0.29) is 6.54 Å². The molecule has 2 nitrogen and oxygen atoms in total. The van der Waals surface area contributed by atoms with E-state index < -0.39 is 20.2 Å². The third kappa shape index (κ3) is 7.23. The fraction of sp³-hybridized carbons (Fsp3) is 0.438. The molecule has 0 aliphatic rings. The normalized spacial score (nSPS) is 11.6. The van der Waals surface area contributed by atoms with E-state index in [1.54, 1.807) is 0 Å². The highest BCUT2D eigenvalue weighted by Gasteiger charge is 2.42. The van der Waals surface area contributed by atoms with E-state index in [1.807, 2.05) is 43.9 Å². The molecule has 0 aromatic heterocycles. The molecule has 126 valence electrons. The molecule has 0 saturated heterocycles. The summed E-state index contributed by atoms with van der Waals surface area (Å²) in [5, 5.41) is 0. The summed E-state index contributed by atoms with van der Waals surface area (Å²) in [6.45, 7) is 5.70. The maximum Gasteiger partial charge on any atom is 0.472 e. The molecule has 0 fully saturated rings. The fourth-order valence-corrected chi connectivity index (χ4v) is 2.68. The van der Waals surface area contributed by atoms with E-state index in [0.29, 0.717) is 17.7 Å². The summed E-state index contributed by atoms with van der Waals surface area (Å²) in [7, 11) is -1.87. The molecule has 7 heteroatoms. The topological polar surface area (TPSA) is 20.3 Å². The highest BCUT2D eigenvalue weighted by atomic mass is 79.9. The van der Waals surface area contributed by atoms with Gasteiger partial charge in [0.2, 0.25) is 0 Å². The van der Waals surface area contributed by atoms with Crippen molar-refractivity contribution in [1.82, 2.24) is 4.90 Å². The Morgan fingerprint density at radius 2 is 1.87 bits per heavy atom. The summed E-state index contributed by atoms with van der Waals surface area (Å²) in [6.07, 6.45) is -3.93. The molecule has 1 rings (SSSR count). The van der Waals surface area contributed by atoms with Gasteiger partial charge in [-0.3, -0.25) is 9.69 Å². The van der Waals surface area contributed by atoms with Crippen LogP contribution in [0.4, 0.5) is 13.2 Å². The van der Waals surface area contributed by atoms with Crippen molar-refractivity contribution in [2.24, 2.45) is 0 Å². The van der Waals surface area contributed by atoms with E-state index in [9.17, 15) is 18.0 Å². The maximum atomic E-state index is 12.7. The molecule has 0 radical (unpaired) electrons. The zero-order valence-electron chi connectivity index (χ0n) is 13.3. The molecule has 0 aliphatic heterocycles. The Morgan fingerprint density at radius 3 is 2.39 bits per heavy atom. The third-order valence-electron chi connectivity index (χ3n) is 2.84. The fourth-order valence-electron chi connectivity index (χ4n) is 1.73. The zero-order chi connectivity index (χ0) is 17.7. The molecule has 1 aromatic carbocycles. The highest BCUT2D eigenvalue weighted by molar-refractivity contribution is 9.10. The lowest BCUT2D eigenvalue weighted by atomic mass is 10.1. The molecule has 23 heavy (non-hydrogen) atoms. The van der Waals surface area contributed by atoms with E-state index in [4.69, 9.17) is 0 Å². The van der Waals surface area contributed by atoms with Crippen LogP contribution < -0.4 is 0 Å². The predicted molar refractivity (Wildman–Crippen MR) is 91.4 cm³/mol. The first kappa shape index (κ1) is 19.8. The van der Waals surface area contributed by atoms with Gasteiger partial charge in [-0.25, -0.2) is 0 Å². The summed E-state index contributed by atoms with van der Waals surface area (Å²) in [5.41, 5.74) is 3.81. The minimum atomic E-state index is -4.90. The summed E-state index contributed by atoms with van der Waals surface area (Å²) >= 11 is 3.40. The number of aryl methyl sites for hydroxylation is 1. The lowest BCUT2D eigenvalue weighted by molar-refractivity contribution is -0.182. The van der Waals surface area contributed by atoms with Crippen molar-refractivity contribution < 1.29 is 18.0 Å². The number of hydrogen-bond acceptors (Lipinski definition) is 1. The summed E-state index contributed by atoms with van der Waals surface area (Å²) < 4.78 is 38.9. The highest BCUT2D eigenvalue weighted by Crippen LogP contribution is 2.20. The van der Waals surface area contributed by atoms with Crippen LogP contribution in [0, 0.1) is 11.6 Å². The van der Waals surface area contributed by atoms with Gasteiger partial charge in [0, 0.05) is 17.1 Å². The monoisotopic (exact) mass is 405 g/mol. The number of carbonyl (C=O) groups is 1.